The maximum Gasteiger partial charge on any atom is 0.0959 e. The zero-order chi connectivity index (χ0) is 9.14. The highest BCUT2D eigenvalue weighted by Gasteiger charge is 2.23. The molecule has 0 aliphatic heterocycles. The van der Waals surface area contributed by atoms with Crippen LogP contribution < -0.4 is 5.73 Å². The lowest BCUT2D eigenvalue weighted by Gasteiger charge is -2.26. The second-order valence-electron chi connectivity index (χ2n) is 3.85. The van der Waals surface area contributed by atoms with Crippen molar-refractivity contribution in [2.24, 2.45) is 17.6 Å². The Morgan fingerprint density at radius 3 is 2.92 bits per heavy atom. The van der Waals surface area contributed by atoms with Crippen molar-refractivity contribution in [2.75, 3.05) is 0 Å². The summed E-state index contributed by atoms with van der Waals surface area (Å²) in [5, 5.41) is 8.67. The molecular formula is C10H16N2. The second-order valence-corrected chi connectivity index (χ2v) is 3.85. The summed E-state index contributed by atoms with van der Waals surface area (Å²) in [5.41, 5.74) is 7.06. The predicted octanol–water partition coefficient (Wildman–Crippen LogP) is 1.83. The molecule has 3 unspecified atom stereocenters. The van der Waals surface area contributed by atoms with Gasteiger partial charge in [-0.05, 0) is 31.6 Å². The van der Waals surface area contributed by atoms with E-state index in [1.54, 1.807) is 0 Å². The minimum absolute atomic E-state index is 0.281. The summed E-state index contributed by atoms with van der Waals surface area (Å²) >= 11 is 0. The molecule has 0 radical (unpaired) electrons. The van der Waals surface area contributed by atoms with Gasteiger partial charge in [0.1, 0.15) is 0 Å². The van der Waals surface area contributed by atoms with Gasteiger partial charge in [-0.2, -0.15) is 5.26 Å². The summed E-state index contributed by atoms with van der Waals surface area (Å²) in [7, 11) is 0. The molecule has 66 valence electrons. The van der Waals surface area contributed by atoms with Crippen LogP contribution in [0.2, 0.25) is 0 Å². The monoisotopic (exact) mass is 164 g/mol. The van der Waals surface area contributed by atoms with Crippen molar-refractivity contribution < 1.29 is 0 Å². The Kier molecular flexibility index (Phi) is 2.88. The Morgan fingerprint density at radius 1 is 1.75 bits per heavy atom. The smallest absolute Gasteiger partial charge is 0.0959 e. The van der Waals surface area contributed by atoms with E-state index in [9.17, 15) is 0 Å². The highest BCUT2D eigenvalue weighted by molar-refractivity contribution is 5.10. The van der Waals surface area contributed by atoms with E-state index in [0.717, 1.165) is 12.8 Å². The Balaban J connectivity index is 2.62. The minimum atomic E-state index is -0.281. The summed E-state index contributed by atoms with van der Waals surface area (Å²) in [6, 6.07) is 1.84. The Labute approximate surface area is 74.1 Å². The number of hydrogen-bond donors (Lipinski definition) is 1. The summed E-state index contributed by atoms with van der Waals surface area (Å²) in [4.78, 5) is 0. The van der Waals surface area contributed by atoms with Crippen molar-refractivity contribution in [3.8, 4) is 6.07 Å². The molecular weight excluding hydrogens is 148 g/mol. The molecule has 1 aliphatic rings. The van der Waals surface area contributed by atoms with Crippen molar-refractivity contribution in [1.29, 1.82) is 5.26 Å². The third-order valence-electron chi connectivity index (χ3n) is 2.48. The van der Waals surface area contributed by atoms with Gasteiger partial charge < -0.3 is 5.73 Å². The van der Waals surface area contributed by atoms with Crippen LogP contribution in [0.4, 0.5) is 0 Å². The average molecular weight is 164 g/mol. The van der Waals surface area contributed by atoms with Gasteiger partial charge in [-0.1, -0.05) is 18.6 Å². The zero-order valence-corrected chi connectivity index (χ0v) is 7.75. The predicted molar refractivity (Wildman–Crippen MR) is 49.2 cm³/mol. The van der Waals surface area contributed by atoms with Gasteiger partial charge in [0.05, 0.1) is 12.1 Å². The number of nitrogens with two attached hydrogens (primary N) is 1. The summed E-state index contributed by atoms with van der Waals surface area (Å²) < 4.78 is 0. The van der Waals surface area contributed by atoms with E-state index in [1.165, 1.54) is 5.57 Å². The fourth-order valence-electron chi connectivity index (χ4n) is 1.98. The summed E-state index contributed by atoms with van der Waals surface area (Å²) in [6.07, 6.45) is 4.34. The molecule has 0 saturated heterocycles. The number of allylic oxidation sites excluding steroid dienone is 2. The van der Waals surface area contributed by atoms with Crippen molar-refractivity contribution in [1.82, 2.24) is 0 Å². The zero-order valence-electron chi connectivity index (χ0n) is 7.75. The van der Waals surface area contributed by atoms with Crippen LogP contribution >= 0.6 is 0 Å². The summed E-state index contributed by atoms with van der Waals surface area (Å²) in [5.74, 6) is 0.957. The number of hydrogen-bond acceptors (Lipinski definition) is 2. The molecule has 0 aromatic heterocycles. The fraction of sp³-hybridized carbons (Fsp3) is 0.700. The molecule has 1 aliphatic carbocycles. The third kappa shape index (κ3) is 2.09. The third-order valence-corrected chi connectivity index (χ3v) is 2.48. The topological polar surface area (TPSA) is 49.8 Å². The van der Waals surface area contributed by atoms with Crippen molar-refractivity contribution in [3.63, 3.8) is 0 Å². The molecule has 2 heteroatoms. The van der Waals surface area contributed by atoms with Crippen LogP contribution in [-0.2, 0) is 0 Å². The second kappa shape index (κ2) is 3.73. The van der Waals surface area contributed by atoms with Crippen molar-refractivity contribution in [3.05, 3.63) is 11.6 Å². The normalized spacial score (nSPS) is 32.0. The van der Waals surface area contributed by atoms with Crippen LogP contribution in [0.25, 0.3) is 0 Å². The van der Waals surface area contributed by atoms with Gasteiger partial charge in [0.25, 0.3) is 0 Å². The molecule has 0 saturated carbocycles. The standard InChI is InChI=1S/C10H16N2/c1-7-3-8(2)5-9(4-7)10(12)6-11/h3,7,9-10H,4-5,12H2,1-2H3. The van der Waals surface area contributed by atoms with Crippen LogP contribution in [0.1, 0.15) is 26.7 Å². The Morgan fingerprint density at radius 2 is 2.42 bits per heavy atom. The first-order valence-corrected chi connectivity index (χ1v) is 4.46. The quantitative estimate of drug-likeness (QED) is 0.601. The van der Waals surface area contributed by atoms with E-state index < -0.39 is 0 Å². The van der Waals surface area contributed by atoms with E-state index in [2.05, 4.69) is 26.0 Å². The molecule has 0 amide bonds. The average Bonchev–Trinajstić information content (AvgIpc) is 2.01. The lowest BCUT2D eigenvalue weighted by Crippen LogP contribution is -2.31. The maximum absolute atomic E-state index is 8.67. The van der Waals surface area contributed by atoms with Gasteiger partial charge in [-0.3, -0.25) is 0 Å². The molecule has 0 aromatic rings. The lowest BCUT2D eigenvalue weighted by atomic mass is 9.80. The number of nitrogens with zero attached hydrogens (tertiary/aromatic N) is 1. The number of nitriles is 1. The van der Waals surface area contributed by atoms with Crippen LogP contribution in [0.5, 0.6) is 0 Å². The lowest BCUT2D eigenvalue weighted by molar-refractivity contribution is 0.376. The molecule has 0 spiro atoms. The number of rotatable bonds is 1. The van der Waals surface area contributed by atoms with Gasteiger partial charge in [-0.25, -0.2) is 0 Å². The molecule has 0 fully saturated rings. The van der Waals surface area contributed by atoms with E-state index in [-0.39, 0.29) is 6.04 Å². The first kappa shape index (κ1) is 9.28. The largest absolute Gasteiger partial charge is 0.316 e. The van der Waals surface area contributed by atoms with E-state index in [4.69, 9.17) is 11.0 Å². The highest BCUT2D eigenvalue weighted by Crippen LogP contribution is 2.29. The Bertz CT molecular complexity index is 224. The summed E-state index contributed by atoms with van der Waals surface area (Å²) in [6.45, 7) is 4.30. The molecule has 0 bridgehead atoms. The molecule has 2 N–H and O–H groups in total. The van der Waals surface area contributed by atoms with Gasteiger partial charge in [0.2, 0.25) is 0 Å². The van der Waals surface area contributed by atoms with Gasteiger partial charge in [-0.15, -0.1) is 0 Å². The van der Waals surface area contributed by atoms with E-state index in [1.807, 2.05) is 0 Å². The molecule has 1 rings (SSSR count). The van der Waals surface area contributed by atoms with Crippen LogP contribution in [-0.4, -0.2) is 6.04 Å². The van der Waals surface area contributed by atoms with E-state index in [0.29, 0.717) is 11.8 Å². The van der Waals surface area contributed by atoms with Gasteiger partial charge in [0, 0.05) is 0 Å². The Hall–Kier alpha value is -0.810. The van der Waals surface area contributed by atoms with E-state index >= 15 is 0 Å². The van der Waals surface area contributed by atoms with Crippen LogP contribution in [0, 0.1) is 23.2 Å². The maximum atomic E-state index is 8.67. The van der Waals surface area contributed by atoms with Gasteiger partial charge in [0.15, 0.2) is 0 Å². The fourth-order valence-corrected chi connectivity index (χ4v) is 1.98. The van der Waals surface area contributed by atoms with Crippen molar-refractivity contribution in [2.45, 2.75) is 32.7 Å². The molecule has 0 aromatic carbocycles. The molecule has 3 atom stereocenters. The van der Waals surface area contributed by atoms with Crippen molar-refractivity contribution >= 4 is 0 Å². The molecule has 0 heterocycles. The SMILES string of the molecule is CC1=CC(C)CC(C(N)C#N)C1. The molecule has 2 nitrogen and oxygen atoms in total. The first-order valence-electron chi connectivity index (χ1n) is 4.46. The van der Waals surface area contributed by atoms with Crippen LogP contribution in [0.15, 0.2) is 11.6 Å². The van der Waals surface area contributed by atoms with Crippen LogP contribution in [0.3, 0.4) is 0 Å². The molecule has 12 heavy (non-hydrogen) atoms. The van der Waals surface area contributed by atoms with Gasteiger partial charge >= 0.3 is 0 Å². The first-order chi connectivity index (χ1) is 5.63. The minimum Gasteiger partial charge on any atom is -0.316 e. The highest BCUT2D eigenvalue weighted by atomic mass is 14.7.